The van der Waals surface area contributed by atoms with Crippen LogP contribution in [0.5, 0.6) is 0 Å². The summed E-state index contributed by atoms with van der Waals surface area (Å²) in [6.45, 7) is 4.21. The number of likely N-dealkylation sites (tertiary alicyclic amines) is 1. The maximum absolute atomic E-state index is 12.3. The third kappa shape index (κ3) is 3.41. The molecule has 0 aliphatic carbocycles. The maximum atomic E-state index is 12.3. The van der Waals surface area contributed by atoms with Gasteiger partial charge in [-0.25, -0.2) is 0 Å². The van der Waals surface area contributed by atoms with Crippen LogP contribution in [0.1, 0.15) is 33.1 Å². The summed E-state index contributed by atoms with van der Waals surface area (Å²) in [4.78, 5) is 14.3. The van der Waals surface area contributed by atoms with Crippen LogP contribution in [-0.4, -0.2) is 28.6 Å². The van der Waals surface area contributed by atoms with Crippen LogP contribution in [0.3, 0.4) is 0 Å². The Hall–Kier alpha value is -1.23. The van der Waals surface area contributed by atoms with E-state index in [9.17, 15) is 10.0 Å². The van der Waals surface area contributed by atoms with Gasteiger partial charge in [0, 0.05) is 24.2 Å². The van der Waals surface area contributed by atoms with Crippen molar-refractivity contribution in [3.63, 3.8) is 0 Å². The fourth-order valence-electron chi connectivity index (χ4n) is 2.65. The largest absolute Gasteiger partial charge is 0.618 e. The molecule has 1 saturated heterocycles. The fraction of sp³-hybridized carbons (Fsp3) is 0.571. The van der Waals surface area contributed by atoms with E-state index in [1.54, 1.807) is 12.1 Å². The Morgan fingerprint density at radius 2 is 2.11 bits per heavy atom. The molecule has 4 nitrogen and oxygen atoms in total. The highest BCUT2D eigenvalue weighted by atomic mass is 32.2. The number of carbonyl (C=O) groups is 1. The van der Waals surface area contributed by atoms with Gasteiger partial charge in [-0.3, -0.25) is 4.79 Å². The van der Waals surface area contributed by atoms with Gasteiger partial charge in [0.15, 0.2) is 6.20 Å². The predicted octanol–water partition coefficient (Wildman–Crippen LogP) is 2.20. The minimum atomic E-state index is 0.133. The molecule has 2 atom stereocenters. The monoisotopic (exact) mass is 280 g/mol. The number of carbonyl (C=O) groups excluding carboxylic acids is 1. The van der Waals surface area contributed by atoms with Crippen molar-refractivity contribution >= 4 is 17.7 Å². The lowest BCUT2D eigenvalue weighted by Crippen LogP contribution is -2.48. The van der Waals surface area contributed by atoms with Crippen molar-refractivity contribution in [2.75, 3.05) is 5.75 Å². The Morgan fingerprint density at radius 1 is 1.42 bits per heavy atom. The first kappa shape index (κ1) is 14.2. The first-order valence-corrected chi connectivity index (χ1v) is 7.70. The lowest BCUT2D eigenvalue weighted by molar-refractivity contribution is -0.645. The summed E-state index contributed by atoms with van der Waals surface area (Å²) in [5, 5.41) is 12.1. The maximum Gasteiger partial charge on any atom is 0.251 e. The number of aromatic nitrogens is 1. The number of piperidine rings is 1. The standard InChI is InChI=1S/C14H20N2O2S/c1-11-6-5-7-12(2)16(11)13(17)10-19-14-8-3-4-9-15(14)18/h3-4,8-9,11-12H,5-7,10H2,1-2H3/t11-,12-/m0/s1. The smallest absolute Gasteiger partial charge is 0.251 e. The van der Waals surface area contributed by atoms with Gasteiger partial charge in [-0.1, -0.05) is 0 Å². The molecular weight excluding hydrogens is 260 g/mol. The SMILES string of the molecule is C[C@H]1CCC[C@H](C)N1C(=O)CSc1cccc[n+]1[O-]. The lowest BCUT2D eigenvalue weighted by Gasteiger charge is -2.39. The van der Waals surface area contributed by atoms with E-state index in [1.807, 2.05) is 11.0 Å². The van der Waals surface area contributed by atoms with Gasteiger partial charge in [-0.15, -0.1) is 0 Å². The van der Waals surface area contributed by atoms with Gasteiger partial charge in [-0.05, 0) is 50.9 Å². The van der Waals surface area contributed by atoms with Gasteiger partial charge in [0.2, 0.25) is 5.91 Å². The summed E-state index contributed by atoms with van der Waals surface area (Å²) in [5.41, 5.74) is 0. The molecule has 0 bridgehead atoms. The van der Waals surface area contributed by atoms with E-state index in [1.165, 1.54) is 24.4 Å². The normalized spacial score (nSPS) is 23.4. The molecule has 2 heterocycles. The second-order valence-corrected chi connectivity index (χ2v) is 6.08. The lowest BCUT2D eigenvalue weighted by atomic mass is 9.98. The van der Waals surface area contributed by atoms with E-state index in [-0.39, 0.29) is 5.91 Å². The number of nitrogens with zero attached hydrogens (tertiary/aromatic N) is 2. The average Bonchev–Trinajstić information content (AvgIpc) is 2.37. The highest BCUT2D eigenvalue weighted by molar-refractivity contribution is 7.99. The molecule has 2 rings (SSSR count). The molecule has 1 aliphatic heterocycles. The van der Waals surface area contributed by atoms with Gasteiger partial charge in [0.1, 0.15) is 0 Å². The van der Waals surface area contributed by atoms with Crippen LogP contribution < -0.4 is 4.73 Å². The number of hydrogen-bond donors (Lipinski definition) is 0. The second-order valence-electron chi connectivity index (χ2n) is 5.08. The van der Waals surface area contributed by atoms with Crippen LogP contribution in [0.25, 0.3) is 0 Å². The molecule has 0 N–H and O–H groups in total. The third-order valence-electron chi connectivity index (χ3n) is 3.61. The summed E-state index contributed by atoms with van der Waals surface area (Å²) < 4.78 is 0.807. The van der Waals surface area contributed by atoms with Gasteiger partial charge < -0.3 is 10.1 Å². The van der Waals surface area contributed by atoms with Crippen molar-refractivity contribution in [3.05, 3.63) is 29.6 Å². The zero-order valence-corrected chi connectivity index (χ0v) is 12.2. The van der Waals surface area contributed by atoms with E-state index in [0.717, 1.165) is 17.6 Å². The quantitative estimate of drug-likeness (QED) is 0.484. The van der Waals surface area contributed by atoms with Crippen molar-refractivity contribution in [1.82, 2.24) is 4.90 Å². The van der Waals surface area contributed by atoms with Crippen LogP contribution in [0, 0.1) is 5.21 Å². The molecule has 1 aromatic rings. The number of pyridine rings is 1. The molecule has 1 aliphatic rings. The van der Waals surface area contributed by atoms with Gasteiger partial charge in [0.25, 0.3) is 5.03 Å². The highest BCUT2D eigenvalue weighted by Gasteiger charge is 2.29. The number of rotatable bonds is 3. The van der Waals surface area contributed by atoms with E-state index in [4.69, 9.17) is 0 Å². The summed E-state index contributed by atoms with van der Waals surface area (Å²) in [6.07, 6.45) is 4.80. The molecule has 1 aromatic heterocycles. The van der Waals surface area contributed by atoms with E-state index in [0.29, 0.717) is 22.9 Å². The molecule has 19 heavy (non-hydrogen) atoms. The van der Waals surface area contributed by atoms with Crippen molar-refractivity contribution in [2.45, 2.75) is 50.2 Å². The zero-order chi connectivity index (χ0) is 13.8. The first-order chi connectivity index (χ1) is 9.09. The Balaban J connectivity index is 1.95. The number of hydrogen-bond acceptors (Lipinski definition) is 3. The van der Waals surface area contributed by atoms with Crippen LogP contribution >= 0.6 is 11.8 Å². The Kier molecular flexibility index (Phi) is 4.69. The van der Waals surface area contributed by atoms with Crippen LogP contribution in [0.4, 0.5) is 0 Å². The van der Waals surface area contributed by atoms with E-state index >= 15 is 0 Å². The summed E-state index contributed by atoms with van der Waals surface area (Å²) in [6, 6.07) is 5.87. The number of amides is 1. The van der Waals surface area contributed by atoms with E-state index < -0.39 is 0 Å². The molecule has 0 saturated carbocycles. The van der Waals surface area contributed by atoms with Gasteiger partial charge in [0.05, 0.1) is 5.75 Å². The molecule has 1 fully saturated rings. The Bertz CT molecular complexity index is 443. The molecule has 1 amide bonds. The molecule has 0 radical (unpaired) electrons. The van der Waals surface area contributed by atoms with Gasteiger partial charge >= 0.3 is 0 Å². The molecule has 0 aromatic carbocycles. The summed E-state index contributed by atoms with van der Waals surface area (Å²) in [7, 11) is 0. The van der Waals surface area contributed by atoms with Crippen LogP contribution in [0.15, 0.2) is 29.4 Å². The minimum absolute atomic E-state index is 0.133. The van der Waals surface area contributed by atoms with Crippen molar-refractivity contribution in [1.29, 1.82) is 0 Å². The van der Waals surface area contributed by atoms with E-state index in [2.05, 4.69) is 13.8 Å². The molecular formula is C14H20N2O2S. The molecule has 104 valence electrons. The topological polar surface area (TPSA) is 47.2 Å². The Labute approximate surface area is 118 Å². The second kappa shape index (κ2) is 6.28. The minimum Gasteiger partial charge on any atom is -0.618 e. The molecule has 5 heteroatoms. The highest BCUT2D eigenvalue weighted by Crippen LogP contribution is 2.24. The summed E-state index contributed by atoms with van der Waals surface area (Å²) in [5.74, 6) is 0.467. The fourth-order valence-corrected chi connectivity index (χ4v) is 3.43. The number of thioether (sulfide) groups is 1. The average molecular weight is 280 g/mol. The van der Waals surface area contributed by atoms with Crippen molar-refractivity contribution in [3.8, 4) is 0 Å². The molecule has 0 unspecified atom stereocenters. The van der Waals surface area contributed by atoms with Crippen LogP contribution in [0.2, 0.25) is 0 Å². The third-order valence-corrected chi connectivity index (χ3v) is 4.62. The summed E-state index contributed by atoms with van der Waals surface area (Å²) >= 11 is 1.31. The van der Waals surface area contributed by atoms with Crippen molar-refractivity contribution < 1.29 is 9.52 Å². The van der Waals surface area contributed by atoms with Gasteiger partial charge in [-0.2, -0.15) is 4.73 Å². The van der Waals surface area contributed by atoms with Crippen molar-refractivity contribution in [2.24, 2.45) is 0 Å². The molecule has 0 spiro atoms. The predicted molar refractivity (Wildman–Crippen MR) is 75.7 cm³/mol. The van der Waals surface area contributed by atoms with Crippen LogP contribution in [-0.2, 0) is 4.79 Å². The Morgan fingerprint density at radius 3 is 2.74 bits per heavy atom. The zero-order valence-electron chi connectivity index (χ0n) is 11.4. The first-order valence-electron chi connectivity index (χ1n) is 6.71.